The van der Waals surface area contributed by atoms with Crippen LogP contribution in [0.25, 0.3) is 0 Å². The highest BCUT2D eigenvalue weighted by Crippen LogP contribution is 1.87. The molecule has 0 aliphatic rings. The van der Waals surface area contributed by atoms with Gasteiger partial charge in [-0.25, -0.2) is 4.39 Å². The Hall–Kier alpha value is -1.25. The van der Waals surface area contributed by atoms with Gasteiger partial charge in [-0.3, -0.25) is 4.98 Å². The molecule has 0 unspecified atom stereocenters. The SMILES string of the molecule is C=O.Fc1cccnc1. The van der Waals surface area contributed by atoms with Gasteiger partial charge in [0.25, 0.3) is 0 Å². The summed E-state index contributed by atoms with van der Waals surface area (Å²) in [5.41, 5.74) is 0. The summed E-state index contributed by atoms with van der Waals surface area (Å²) >= 11 is 0. The number of carbonyl (C=O) groups excluding carboxylic acids is 1. The standard InChI is InChI=1S/C5H4FN.CH2O/c6-5-2-1-3-7-4-5;1-2/h1-4H;1H2. The lowest BCUT2D eigenvalue weighted by molar-refractivity contribution is -0.0979. The van der Waals surface area contributed by atoms with E-state index in [0.29, 0.717) is 0 Å². The van der Waals surface area contributed by atoms with Gasteiger partial charge in [0, 0.05) is 6.20 Å². The number of nitrogens with zero attached hydrogens (tertiary/aromatic N) is 1. The first-order chi connectivity index (χ1) is 4.39. The first-order valence-electron chi connectivity index (χ1n) is 2.24. The highest BCUT2D eigenvalue weighted by molar-refractivity contribution is 5.10. The van der Waals surface area contributed by atoms with E-state index in [2.05, 4.69) is 4.98 Å². The number of aromatic nitrogens is 1. The zero-order valence-corrected chi connectivity index (χ0v) is 4.75. The van der Waals surface area contributed by atoms with E-state index in [-0.39, 0.29) is 5.82 Å². The molecule has 1 rings (SSSR count). The topological polar surface area (TPSA) is 30.0 Å². The van der Waals surface area contributed by atoms with Gasteiger partial charge < -0.3 is 4.79 Å². The lowest BCUT2D eigenvalue weighted by Gasteiger charge is -1.78. The lowest BCUT2D eigenvalue weighted by Crippen LogP contribution is -1.70. The molecule has 48 valence electrons. The molecule has 0 fully saturated rings. The Morgan fingerprint density at radius 3 is 2.44 bits per heavy atom. The quantitative estimate of drug-likeness (QED) is 0.521. The van der Waals surface area contributed by atoms with Crippen molar-refractivity contribution in [2.24, 2.45) is 0 Å². The maximum absolute atomic E-state index is 11.8. The second-order valence-electron chi connectivity index (χ2n) is 1.17. The number of hydrogen-bond acceptors (Lipinski definition) is 2. The molecular formula is C6H6FNO. The van der Waals surface area contributed by atoms with Crippen LogP contribution in [0.5, 0.6) is 0 Å². The Kier molecular flexibility index (Phi) is 4.22. The van der Waals surface area contributed by atoms with E-state index < -0.39 is 0 Å². The maximum Gasteiger partial charge on any atom is 0.141 e. The summed E-state index contributed by atoms with van der Waals surface area (Å²) in [7, 11) is 0. The van der Waals surface area contributed by atoms with Gasteiger partial charge in [-0.1, -0.05) is 0 Å². The monoisotopic (exact) mass is 127 g/mol. The maximum atomic E-state index is 11.8. The molecule has 2 nitrogen and oxygen atoms in total. The minimum Gasteiger partial charge on any atom is -0.307 e. The number of halogens is 1. The average molecular weight is 127 g/mol. The van der Waals surface area contributed by atoms with Crippen LogP contribution in [0.15, 0.2) is 24.5 Å². The normalized spacial score (nSPS) is 7.22. The molecule has 9 heavy (non-hydrogen) atoms. The minimum atomic E-state index is -0.289. The number of carbonyl (C=O) groups is 1. The number of hydrogen-bond donors (Lipinski definition) is 0. The molecule has 0 saturated heterocycles. The predicted molar refractivity (Wildman–Crippen MR) is 31.3 cm³/mol. The summed E-state index contributed by atoms with van der Waals surface area (Å²) < 4.78 is 11.8. The fourth-order valence-electron chi connectivity index (χ4n) is 0.342. The van der Waals surface area contributed by atoms with Crippen LogP contribution in [0.3, 0.4) is 0 Å². The molecular weight excluding hydrogens is 121 g/mol. The Morgan fingerprint density at radius 2 is 2.22 bits per heavy atom. The van der Waals surface area contributed by atoms with Crippen molar-refractivity contribution in [1.82, 2.24) is 4.98 Å². The Labute approximate surface area is 52.3 Å². The van der Waals surface area contributed by atoms with Crippen molar-refractivity contribution in [2.45, 2.75) is 0 Å². The van der Waals surface area contributed by atoms with E-state index in [9.17, 15) is 4.39 Å². The van der Waals surface area contributed by atoms with Crippen molar-refractivity contribution < 1.29 is 9.18 Å². The van der Waals surface area contributed by atoms with Crippen molar-refractivity contribution >= 4 is 6.79 Å². The molecule has 0 N–H and O–H groups in total. The zero-order valence-electron chi connectivity index (χ0n) is 4.75. The van der Waals surface area contributed by atoms with Crippen molar-refractivity contribution in [3.05, 3.63) is 30.3 Å². The first-order valence-corrected chi connectivity index (χ1v) is 2.24. The van der Waals surface area contributed by atoms with Crippen LogP contribution in [0.4, 0.5) is 4.39 Å². The number of pyridine rings is 1. The van der Waals surface area contributed by atoms with Crippen LogP contribution in [0.1, 0.15) is 0 Å². The van der Waals surface area contributed by atoms with Crippen LogP contribution in [0, 0.1) is 5.82 Å². The molecule has 1 heterocycles. The van der Waals surface area contributed by atoms with Gasteiger partial charge in [0.05, 0.1) is 6.20 Å². The smallest absolute Gasteiger partial charge is 0.141 e. The van der Waals surface area contributed by atoms with Gasteiger partial charge in [0.15, 0.2) is 0 Å². The summed E-state index contributed by atoms with van der Waals surface area (Å²) in [5.74, 6) is -0.289. The van der Waals surface area contributed by atoms with Crippen LogP contribution < -0.4 is 0 Å². The molecule has 0 aliphatic carbocycles. The molecule has 0 aromatic carbocycles. The molecule has 1 aromatic rings. The lowest BCUT2D eigenvalue weighted by atomic mass is 10.5. The second kappa shape index (κ2) is 4.90. The Bertz CT molecular complexity index is 154. The molecule has 0 atom stereocenters. The average Bonchev–Trinajstić information content (AvgIpc) is 1.94. The minimum absolute atomic E-state index is 0.289. The van der Waals surface area contributed by atoms with E-state index in [4.69, 9.17) is 4.79 Å². The molecule has 3 heteroatoms. The molecule has 1 aromatic heterocycles. The third-order valence-corrected chi connectivity index (χ3v) is 0.625. The van der Waals surface area contributed by atoms with Crippen molar-refractivity contribution in [3.63, 3.8) is 0 Å². The van der Waals surface area contributed by atoms with Crippen LogP contribution >= 0.6 is 0 Å². The fourth-order valence-corrected chi connectivity index (χ4v) is 0.342. The van der Waals surface area contributed by atoms with Crippen LogP contribution in [0.2, 0.25) is 0 Å². The largest absolute Gasteiger partial charge is 0.307 e. The zero-order chi connectivity index (χ0) is 7.11. The highest BCUT2D eigenvalue weighted by atomic mass is 19.1. The van der Waals surface area contributed by atoms with Gasteiger partial charge >= 0.3 is 0 Å². The first kappa shape index (κ1) is 7.75. The van der Waals surface area contributed by atoms with Gasteiger partial charge in [-0.15, -0.1) is 0 Å². The molecule has 0 spiro atoms. The van der Waals surface area contributed by atoms with Gasteiger partial charge in [-0.2, -0.15) is 0 Å². The van der Waals surface area contributed by atoms with E-state index in [1.54, 1.807) is 6.07 Å². The van der Waals surface area contributed by atoms with E-state index in [0.717, 1.165) is 0 Å². The van der Waals surface area contributed by atoms with E-state index in [1.165, 1.54) is 18.5 Å². The molecule has 0 saturated carbocycles. The van der Waals surface area contributed by atoms with E-state index >= 15 is 0 Å². The summed E-state index contributed by atoms with van der Waals surface area (Å²) in [6.45, 7) is 2.00. The Balaban J connectivity index is 0.000000291. The van der Waals surface area contributed by atoms with Crippen molar-refractivity contribution in [3.8, 4) is 0 Å². The third kappa shape index (κ3) is 3.34. The second-order valence-corrected chi connectivity index (χ2v) is 1.17. The fraction of sp³-hybridized carbons (Fsp3) is 0. The van der Waals surface area contributed by atoms with Gasteiger partial charge in [0.2, 0.25) is 0 Å². The molecule has 0 amide bonds. The molecule has 0 bridgehead atoms. The highest BCUT2D eigenvalue weighted by Gasteiger charge is 1.78. The summed E-state index contributed by atoms with van der Waals surface area (Å²) in [6.07, 6.45) is 2.70. The third-order valence-electron chi connectivity index (χ3n) is 0.625. The predicted octanol–water partition coefficient (Wildman–Crippen LogP) is 1.04. The molecule has 0 radical (unpaired) electrons. The van der Waals surface area contributed by atoms with Crippen molar-refractivity contribution in [1.29, 1.82) is 0 Å². The van der Waals surface area contributed by atoms with Crippen LogP contribution in [-0.4, -0.2) is 11.8 Å². The number of rotatable bonds is 0. The van der Waals surface area contributed by atoms with Crippen molar-refractivity contribution in [2.75, 3.05) is 0 Å². The Morgan fingerprint density at radius 1 is 1.56 bits per heavy atom. The summed E-state index contributed by atoms with van der Waals surface area (Å²) in [5, 5.41) is 0. The van der Waals surface area contributed by atoms with Gasteiger partial charge in [0.1, 0.15) is 12.6 Å². The van der Waals surface area contributed by atoms with Gasteiger partial charge in [-0.05, 0) is 12.1 Å². The van der Waals surface area contributed by atoms with E-state index in [1.807, 2.05) is 6.79 Å². The molecule has 0 aliphatic heterocycles. The summed E-state index contributed by atoms with van der Waals surface area (Å²) in [4.78, 5) is 11.5. The van der Waals surface area contributed by atoms with Crippen LogP contribution in [-0.2, 0) is 4.79 Å². The summed E-state index contributed by atoms with van der Waals surface area (Å²) in [6, 6.07) is 2.91.